The van der Waals surface area contributed by atoms with Crippen LogP contribution in [0.25, 0.3) is 101 Å². The molecule has 29 nitrogen and oxygen atoms in total. The van der Waals surface area contributed by atoms with Crippen LogP contribution >= 0.6 is 0 Å². The van der Waals surface area contributed by atoms with Crippen molar-refractivity contribution in [3.63, 3.8) is 0 Å². The summed E-state index contributed by atoms with van der Waals surface area (Å²) in [5, 5.41) is 6.77. The molecule has 722 valence electrons. The van der Waals surface area contributed by atoms with Gasteiger partial charge in [-0.15, -0.1) is 0 Å². The van der Waals surface area contributed by atoms with E-state index < -0.39 is 23.3 Å². The summed E-state index contributed by atoms with van der Waals surface area (Å²) in [4.78, 5) is 100. The van der Waals surface area contributed by atoms with Crippen molar-refractivity contribution in [3.8, 4) is 84.8 Å². The SMILES string of the molecule is CCN1CC=C(c2ccc3nc(-c4cc(F)c5nc(C)oc5c4)cc(=O)n3c2)CC1.COc1ccc(-c2cc(=O)n3cc(N4CCN[C@H](C)C4)cc(C)c3n2)cc1OC.COc1ccc(-c2cc(=O)n3cc([N+]4=CCN(C)CC4)cc(C)c3n2)cc1F.COc1ccc(-c2ccc3nc(C4CCN(C)CC4)cc(=O)n3c2)cc1F.COc1ccc(-c2ccc3nc(C4CCNCC4)cc(=O)n3c2)cc1F. The monoisotopic (exact) mass is 1900 g/mol. The van der Waals surface area contributed by atoms with Crippen LogP contribution in [0.3, 0.4) is 0 Å². The van der Waals surface area contributed by atoms with E-state index in [4.69, 9.17) is 38.1 Å². The number of likely N-dealkylation sites (tertiary alicyclic amines) is 1. The smallest absolute Gasteiger partial charge is 0.258 e. The number of aryl methyl sites for hydroxylation is 3. The van der Waals surface area contributed by atoms with E-state index in [0.29, 0.717) is 108 Å². The van der Waals surface area contributed by atoms with Gasteiger partial charge < -0.3 is 48.5 Å². The fraction of sp³-hybridized carbons (Fsp3) is 0.308. The number of piperazine rings is 1. The molecule has 140 heavy (non-hydrogen) atoms. The van der Waals surface area contributed by atoms with Crippen LogP contribution in [0.1, 0.15) is 91.8 Å². The topological polar surface area (TPSA) is 284 Å². The zero-order chi connectivity index (χ0) is 98.3. The number of nitrogens with zero attached hydrogens (tertiary/aromatic N) is 16. The number of methoxy groups -OCH3 is 5. The molecule has 1 atom stereocenters. The minimum absolute atomic E-state index is 0.104. The molecule has 16 aromatic rings. The van der Waals surface area contributed by atoms with Gasteiger partial charge in [-0.05, 0) is 259 Å². The molecule has 11 aromatic heterocycles. The number of benzene rings is 5. The molecule has 3 saturated heterocycles. The van der Waals surface area contributed by atoms with E-state index in [1.54, 1.807) is 101 Å². The van der Waals surface area contributed by atoms with E-state index in [9.17, 15) is 41.5 Å². The van der Waals surface area contributed by atoms with Crippen molar-refractivity contribution in [1.82, 2.24) is 77.2 Å². The van der Waals surface area contributed by atoms with Gasteiger partial charge in [0.25, 0.3) is 27.8 Å². The van der Waals surface area contributed by atoms with Gasteiger partial charge in [-0.1, -0.05) is 25.1 Å². The second kappa shape index (κ2) is 42.6. The highest BCUT2D eigenvalue weighted by molar-refractivity contribution is 5.81. The molecule has 0 amide bonds. The lowest BCUT2D eigenvalue weighted by molar-refractivity contribution is -0.443. The normalized spacial score (nSPS) is 15.6. The van der Waals surface area contributed by atoms with E-state index in [0.717, 1.165) is 173 Å². The van der Waals surface area contributed by atoms with Crippen molar-refractivity contribution in [2.75, 3.05) is 140 Å². The molecule has 0 unspecified atom stereocenters. The summed E-state index contributed by atoms with van der Waals surface area (Å²) in [5.74, 6) is 0.980. The van der Waals surface area contributed by atoms with Gasteiger partial charge in [0.05, 0.1) is 89.0 Å². The molecule has 3 fully saturated rings. The first kappa shape index (κ1) is 96.8. The summed E-state index contributed by atoms with van der Waals surface area (Å²) in [6.07, 6.45) is 18.3. The molecular weight excluding hydrogens is 1790 g/mol. The van der Waals surface area contributed by atoms with E-state index in [1.165, 1.54) is 78.2 Å². The van der Waals surface area contributed by atoms with Crippen LogP contribution in [0.15, 0.2) is 229 Å². The fourth-order valence-electron chi connectivity index (χ4n) is 18.3. The number of piperidine rings is 2. The minimum Gasteiger partial charge on any atom is -0.494 e. The largest absolute Gasteiger partial charge is 0.494 e. The van der Waals surface area contributed by atoms with Gasteiger partial charge in [0.15, 0.2) is 76.2 Å². The highest BCUT2D eigenvalue weighted by atomic mass is 19.1. The molecule has 0 aliphatic carbocycles. The first-order valence-corrected chi connectivity index (χ1v) is 46.8. The number of likely N-dealkylation sites (N-methyl/N-ethyl adjacent to an activating group) is 2. The second-order valence-electron chi connectivity index (χ2n) is 35.6. The van der Waals surface area contributed by atoms with Crippen LogP contribution in [-0.2, 0) is 0 Å². The lowest BCUT2D eigenvalue weighted by Gasteiger charge is -2.33. The Morgan fingerprint density at radius 2 is 0.921 bits per heavy atom. The maximum atomic E-state index is 14.4. The van der Waals surface area contributed by atoms with Crippen LogP contribution in [-0.4, -0.2) is 218 Å². The number of anilines is 1. The number of halogens is 4. The Labute approximate surface area is 804 Å². The number of fused-ring (bicyclic) bond motifs is 6. The Hall–Kier alpha value is -14.9. The quantitative estimate of drug-likeness (QED) is 0.0671. The maximum Gasteiger partial charge on any atom is 0.258 e. The highest BCUT2D eigenvalue weighted by Crippen LogP contribution is 2.37. The first-order chi connectivity index (χ1) is 67.7. The second-order valence-corrected chi connectivity index (χ2v) is 35.6. The third kappa shape index (κ3) is 21.5. The minimum atomic E-state index is -0.498. The van der Waals surface area contributed by atoms with Gasteiger partial charge >= 0.3 is 0 Å². The molecule has 21 rings (SSSR count). The molecule has 0 spiro atoms. The molecule has 0 bridgehead atoms. The van der Waals surface area contributed by atoms with Crippen LogP contribution in [0, 0.1) is 44.0 Å². The Morgan fingerprint density at radius 1 is 0.436 bits per heavy atom. The predicted octanol–water partition coefficient (Wildman–Crippen LogP) is 15.3. The number of hydrogen-bond acceptors (Lipinski definition) is 23. The molecule has 5 aliphatic rings. The Morgan fingerprint density at radius 3 is 1.46 bits per heavy atom. The predicted molar refractivity (Wildman–Crippen MR) is 536 cm³/mol. The fourth-order valence-corrected chi connectivity index (χ4v) is 18.3. The van der Waals surface area contributed by atoms with Crippen molar-refractivity contribution < 1.29 is 50.2 Å². The molecule has 5 aromatic carbocycles. The molecule has 0 radical (unpaired) electrons. The number of oxazole rings is 1. The van der Waals surface area contributed by atoms with E-state index in [-0.39, 0.29) is 50.6 Å². The third-order valence-electron chi connectivity index (χ3n) is 26.2. The number of rotatable bonds is 16. The van der Waals surface area contributed by atoms with Gasteiger partial charge in [-0.2, -0.15) is 4.58 Å². The number of ether oxygens (including phenoxy) is 5. The van der Waals surface area contributed by atoms with Gasteiger partial charge in [-0.3, -0.25) is 55.8 Å². The highest BCUT2D eigenvalue weighted by Gasteiger charge is 2.27. The van der Waals surface area contributed by atoms with Gasteiger partial charge in [0.1, 0.15) is 33.8 Å². The molecule has 16 heterocycles. The van der Waals surface area contributed by atoms with Crippen molar-refractivity contribution in [1.29, 1.82) is 0 Å². The van der Waals surface area contributed by atoms with Gasteiger partial charge in [-0.25, -0.2) is 47.5 Å². The molecular formula is C107H111F4N18O11+. The lowest BCUT2D eigenvalue weighted by Crippen LogP contribution is -2.49. The van der Waals surface area contributed by atoms with Crippen molar-refractivity contribution >= 4 is 62.5 Å². The first-order valence-electron chi connectivity index (χ1n) is 46.8. The van der Waals surface area contributed by atoms with Crippen LogP contribution in [0.5, 0.6) is 28.7 Å². The molecule has 33 heteroatoms. The van der Waals surface area contributed by atoms with Crippen molar-refractivity contribution in [2.24, 2.45) is 0 Å². The summed E-state index contributed by atoms with van der Waals surface area (Å²) >= 11 is 0. The number of pyridine rings is 5. The number of aromatic nitrogens is 11. The molecule has 2 N–H and O–H groups in total. The standard InChI is InChI=1S/C23H21FN4O2.C22H26N4O3.C21H22FN4O2.C21H22FN3O2.C20H20FN3O2/c1-3-27-8-6-15(7-9-27)16-4-5-21-26-19(12-22(29)28(21)13-16)17-10-18(24)23-20(11-17)30-14(2)25-23;1-14-9-17(25-8-7-23-15(2)12-25)13-26-21(27)11-18(24-22(14)26)16-5-6-19(28-3)20(10-16)29-4;1-14-10-16(25-8-6-24(2)7-9-25)13-26-20(27)12-18(23-21(14)26)15-4-5-19(28-3)17(22)11-15;1-24-9-7-14(8-10-24)18-12-21(26)25-13-16(4-6-20(25)23-18)15-3-5-19(27-2)17(22)11-15;1-26-18-4-2-14(10-16(18)21)15-3-5-19-23-17(11-20(25)24(19)12-15)13-6-8-22-9-7-13/h4-6,10-13H,3,7-9H2,1-2H3;5-6,9-11,13,15,23H,7-8,12H2,1-4H3;4-5,8,10-13H,6-7,9H2,1-3H3;3-6,11-14H,7-10H2,1-2H3;2-5,10-13,22H,6-9H2,1H3/q;;+1;;/t;15-;;;/m.1.../s1. The summed E-state index contributed by atoms with van der Waals surface area (Å²) < 4.78 is 97.4. The number of hydrogen-bond donors (Lipinski definition) is 2. The van der Waals surface area contributed by atoms with Crippen molar-refractivity contribution in [2.45, 2.75) is 84.6 Å². The van der Waals surface area contributed by atoms with Crippen molar-refractivity contribution in [3.05, 3.63) is 310 Å². The summed E-state index contributed by atoms with van der Waals surface area (Å²) in [6.45, 7) is 22.3. The lowest BCUT2D eigenvalue weighted by atomic mass is 9.93. The zero-order valence-electron chi connectivity index (χ0n) is 80.2. The molecule has 5 aliphatic heterocycles. The zero-order valence-corrected chi connectivity index (χ0v) is 80.2. The van der Waals surface area contributed by atoms with Crippen LogP contribution in [0.4, 0.5) is 28.9 Å². The van der Waals surface area contributed by atoms with Crippen LogP contribution < -0.4 is 67.0 Å². The average Bonchev–Trinajstić information content (AvgIpc) is 0.930. The molecule has 0 saturated carbocycles. The summed E-state index contributed by atoms with van der Waals surface area (Å²) in [6, 6.07) is 46.0. The third-order valence-corrected chi connectivity index (χ3v) is 26.2. The summed E-state index contributed by atoms with van der Waals surface area (Å²) in [5.41, 5.74) is 16.8. The van der Waals surface area contributed by atoms with E-state index >= 15 is 0 Å². The van der Waals surface area contributed by atoms with Gasteiger partial charge in [0, 0.05) is 135 Å². The number of nitrogens with one attached hydrogen (secondary N) is 2. The Balaban J connectivity index is 0.000000121. The van der Waals surface area contributed by atoms with E-state index in [1.807, 2.05) is 93.1 Å². The summed E-state index contributed by atoms with van der Waals surface area (Å²) in [7, 11) is 11.7. The Kier molecular flexibility index (Phi) is 29.4. The Bertz CT molecular complexity index is 7780. The maximum absolute atomic E-state index is 14.4. The van der Waals surface area contributed by atoms with E-state index in [2.05, 4.69) is 101 Å². The van der Waals surface area contributed by atoms with Gasteiger partial charge in [0.2, 0.25) is 5.69 Å². The van der Waals surface area contributed by atoms with Crippen LogP contribution in [0.2, 0.25) is 0 Å². The average molecular weight is 1900 g/mol.